The first kappa shape index (κ1) is 15.3. The minimum atomic E-state index is -4.72. The van der Waals surface area contributed by atoms with Gasteiger partial charge in [-0.15, -0.1) is 0 Å². The minimum Gasteiger partial charge on any atom is -0.481 e. The van der Waals surface area contributed by atoms with Crippen LogP contribution in [0.25, 0.3) is 0 Å². The Kier molecular flexibility index (Phi) is 4.12. The molecule has 1 N–H and O–H groups in total. The lowest BCUT2D eigenvalue weighted by atomic mass is 9.79. The van der Waals surface area contributed by atoms with E-state index in [1.54, 1.807) is 0 Å². The van der Waals surface area contributed by atoms with Crippen molar-refractivity contribution in [3.05, 3.63) is 12.7 Å². The van der Waals surface area contributed by atoms with E-state index in [-0.39, 0.29) is 6.61 Å². The number of amides is 1. The molecule has 108 valence electrons. The molecule has 0 aromatic carbocycles. The van der Waals surface area contributed by atoms with Gasteiger partial charge in [-0.1, -0.05) is 12.7 Å². The van der Waals surface area contributed by atoms with E-state index in [1.165, 1.54) is 6.08 Å². The topological polar surface area (TPSA) is 66.8 Å². The van der Waals surface area contributed by atoms with E-state index in [0.29, 0.717) is 0 Å². The molecule has 1 saturated heterocycles. The zero-order chi connectivity index (χ0) is 14.8. The summed E-state index contributed by atoms with van der Waals surface area (Å²) in [4.78, 5) is 23.2. The number of halogens is 3. The number of hydrogen-bond donors (Lipinski definition) is 1. The number of carbonyl (C=O) groups excluding carboxylic acids is 1. The third-order valence-electron chi connectivity index (χ3n) is 3.22. The number of ether oxygens (including phenoxy) is 1. The average Bonchev–Trinajstić information content (AvgIpc) is 2.65. The van der Waals surface area contributed by atoms with E-state index in [1.807, 2.05) is 0 Å². The molecule has 0 aliphatic carbocycles. The monoisotopic (exact) mass is 281 g/mol. The van der Waals surface area contributed by atoms with Crippen LogP contribution in [0.3, 0.4) is 0 Å². The van der Waals surface area contributed by atoms with E-state index >= 15 is 0 Å². The van der Waals surface area contributed by atoms with Crippen LogP contribution in [0, 0.1) is 11.3 Å². The number of aliphatic carboxylic acids is 1. The predicted octanol–water partition coefficient (Wildman–Crippen LogP) is 1.89. The lowest BCUT2D eigenvalue weighted by Gasteiger charge is -2.30. The third-order valence-corrected chi connectivity index (χ3v) is 3.22. The maximum absolute atomic E-state index is 13.0. The molecule has 8 heteroatoms. The fourth-order valence-corrected chi connectivity index (χ4v) is 1.99. The highest BCUT2D eigenvalue weighted by atomic mass is 19.4. The van der Waals surface area contributed by atoms with Gasteiger partial charge in [0.25, 0.3) is 0 Å². The van der Waals surface area contributed by atoms with Crippen LogP contribution in [0.5, 0.6) is 0 Å². The molecule has 0 radical (unpaired) electrons. The summed E-state index contributed by atoms with van der Waals surface area (Å²) < 4.78 is 43.6. The van der Waals surface area contributed by atoms with Crippen molar-refractivity contribution in [1.29, 1.82) is 0 Å². The van der Waals surface area contributed by atoms with Crippen molar-refractivity contribution in [2.75, 3.05) is 19.7 Å². The van der Waals surface area contributed by atoms with E-state index < -0.39 is 42.7 Å². The van der Waals surface area contributed by atoms with Crippen molar-refractivity contribution in [3.8, 4) is 0 Å². The van der Waals surface area contributed by atoms with Gasteiger partial charge in [-0.3, -0.25) is 4.79 Å². The Morgan fingerprint density at radius 3 is 2.53 bits per heavy atom. The molecule has 0 spiro atoms. The fraction of sp³-hybridized carbons (Fsp3) is 0.636. The highest BCUT2D eigenvalue weighted by molar-refractivity contribution is 5.75. The van der Waals surface area contributed by atoms with Gasteiger partial charge in [0.1, 0.15) is 6.61 Å². The first-order valence-corrected chi connectivity index (χ1v) is 5.45. The van der Waals surface area contributed by atoms with Crippen LogP contribution in [0.2, 0.25) is 0 Å². The second-order valence-corrected chi connectivity index (χ2v) is 4.55. The molecule has 0 bridgehead atoms. The number of carbonyl (C=O) groups is 2. The summed E-state index contributed by atoms with van der Waals surface area (Å²) in [6, 6.07) is 0. The summed E-state index contributed by atoms with van der Waals surface area (Å²) in [6.45, 7) is 2.70. The lowest BCUT2D eigenvalue weighted by Crippen LogP contribution is -2.45. The Labute approximate surface area is 107 Å². The van der Waals surface area contributed by atoms with Crippen molar-refractivity contribution in [1.82, 2.24) is 4.90 Å². The minimum absolute atomic E-state index is 0.143. The first-order chi connectivity index (χ1) is 8.63. The standard InChI is InChI=1S/C11H14F3NO4/c1-3-4-19-9(18)15-5-7(8(16)17)10(2,6-15)11(12,13)14/h3,7H,1,4-6H2,2H3,(H,16,17)/t7-,10+/m1/s1. The third kappa shape index (κ3) is 2.82. The van der Waals surface area contributed by atoms with Crippen LogP contribution < -0.4 is 0 Å². The molecule has 2 atom stereocenters. The molecule has 1 heterocycles. The summed E-state index contributed by atoms with van der Waals surface area (Å²) in [5.74, 6) is -3.29. The molecule has 0 aromatic rings. The molecule has 19 heavy (non-hydrogen) atoms. The molecule has 0 aromatic heterocycles. The van der Waals surface area contributed by atoms with Crippen molar-refractivity contribution in [2.24, 2.45) is 11.3 Å². The van der Waals surface area contributed by atoms with Crippen LogP contribution >= 0.6 is 0 Å². The fourth-order valence-electron chi connectivity index (χ4n) is 1.99. The van der Waals surface area contributed by atoms with Gasteiger partial charge in [0.2, 0.25) is 0 Å². The number of nitrogens with zero attached hydrogens (tertiary/aromatic N) is 1. The normalized spacial score (nSPS) is 27.2. The van der Waals surface area contributed by atoms with E-state index in [4.69, 9.17) is 5.11 Å². The zero-order valence-corrected chi connectivity index (χ0v) is 10.2. The number of rotatable bonds is 3. The number of hydrogen-bond acceptors (Lipinski definition) is 3. The smallest absolute Gasteiger partial charge is 0.410 e. The van der Waals surface area contributed by atoms with E-state index in [9.17, 15) is 22.8 Å². The van der Waals surface area contributed by atoms with Crippen LogP contribution in [-0.2, 0) is 9.53 Å². The van der Waals surface area contributed by atoms with Crippen molar-refractivity contribution >= 4 is 12.1 Å². The Morgan fingerprint density at radius 2 is 2.16 bits per heavy atom. The summed E-state index contributed by atoms with van der Waals surface area (Å²) >= 11 is 0. The van der Waals surface area contributed by atoms with Gasteiger partial charge < -0.3 is 14.7 Å². The molecular formula is C11H14F3NO4. The first-order valence-electron chi connectivity index (χ1n) is 5.45. The highest BCUT2D eigenvalue weighted by Gasteiger charge is 2.63. The molecule has 0 saturated carbocycles. The number of likely N-dealkylation sites (tertiary alicyclic amines) is 1. The molecule has 1 aliphatic heterocycles. The van der Waals surface area contributed by atoms with Crippen molar-refractivity contribution in [2.45, 2.75) is 13.1 Å². The summed E-state index contributed by atoms with van der Waals surface area (Å²) in [5, 5.41) is 8.89. The van der Waals surface area contributed by atoms with E-state index in [2.05, 4.69) is 11.3 Å². The zero-order valence-electron chi connectivity index (χ0n) is 10.2. The molecule has 1 aliphatic rings. The molecule has 1 amide bonds. The maximum Gasteiger partial charge on any atom is 0.410 e. The van der Waals surface area contributed by atoms with E-state index in [0.717, 1.165) is 11.8 Å². The van der Waals surface area contributed by atoms with Crippen LogP contribution in [0.1, 0.15) is 6.92 Å². The SMILES string of the molecule is C=CCOC(=O)N1C[C@H](C(=O)O)[C@@](C)(C(F)(F)F)C1. The maximum atomic E-state index is 13.0. The van der Waals surface area contributed by atoms with Crippen LogP contribution in [0.15, 0.2) is 12.7 Å². The van der Waals surface area contributed by atoms with Crippen molar-refractivity contribution in [3.63, 3.8) is 0 Å². The van der Waals surface area contributed by atoms with Crippen LogP contribution in [-0.4, -0.2) is 47.9 Å². The second-order valence-electron chi connectivity index (χ2n) is 4.55. The largest absolute Gasteiger partial charge is 0.481 e. The second kappa shape index (κ2) is 5.10. The van der Waals surface area contributed by atoms with Crippen LogP contribution in [0.4, 0.5) is 18.0 Å². The Hall–Kier alpha value is -1.73. The summed E-state index contributed by atoms with van der Waals surface area (Å²) in [5.41, 5.74) is -2.48. The molecule has 1 rings (SSSR count). The lowest BCUT2D eigenvalue weighted by molar-refractivity contribution is -0.228. The van der Waals surface area contributed by atoms with Gasteiger partial charge in [0, 0.05) is 13.1 Å². The quantitative estimate of drug-likeness (QED) is 0.802. The predicted molar refractivity (Wildman–Crippen MR) is 58.4 cm³/mol. The Bertz CT molecular complexity index is 396. The average molecular weight is 281 g/mol. The highest BCUT2D eigenvalue weighted by Crippen LogP contribution is 2.48. The van der Waals surface area contributed by atoms with Gasteiger partial charge in [-0.2, -0.15) is 13.2 Å². The number of alkyl halides is 3. The number of carboxylic acids is 1. The molecule has 1 fully saturated rings. The van der Waals surface area contributed by atoms with Gasteiger partial charge in [-0.05, 0) is 6.92 Å². The summed E-state index contributed by atoms with van der Waals surface area (Å²) in [6.07, 6.45) is -4.42. The van der Waals surface area contributed by atoms with Gasteiger partial charge >= 0.3 is 18.2 Å². The number of carboxylic acid groups (broad SMARTS) is 1. The van der Waals surface area contributed by atoms with Gasteiger partial charge in [-0.25, -0.2) is 4.79 Å². The summed E-state index contributed by atoms with van der Waals surface area (Å²) in [7, 11) is 0. The van der Waals surface area contributed by atoms with Gasteiger partial charge in [0.05, 0.1) is 11.3 Å². The molecular weight excluding hydrogens is 267 g/mol. The van der Waals surface area contributed by atoms with Crippen molar-refractivity contribution < 1.29 is 32.6 Å². The molecule has 5 nitrogen and oxygen atoms in total. The Morgan fingerprint density at radius 1 is 1.58 bits per heavy atom. The molecule has 0 unspecified atom stereocenters. The van der Waals surface area contributed by atoms with Gasteiger partial charge in [0.15, 0.2) is 0 Å². The Balaban J connectivity index is 2.93.